The smallest absolute Gasteiger partial charge is 0.181 e. The normalized spacial score (nSPS) is 25.1. The molecule has 2 aromatic carbocycles. The zero-order valence-electron chi connectivity index (χ0n) is 12.7. The highest BCUT2D eigenvalue weighted by Gasteiger charge is 2.52. The summed E-state index contributed by atoms with van der Waals surface area (Å²) in [6, 6.07) is 15.1. The van der Waals surface area contributed by atoms with Crippen molar-refractivity contribution in [1.29, 1.82) is 0 Å². The SMILES string of the molecule is O=S1(=O)C[C@@H]2[C@@H](C1)N(c1ccc(F)cc1)C(=S)N2c1ccccc1. The summed E-state index contributed by atoms with van der Waals surface area (Å²) in [7, 11) is -3.14. The van der Waals surface area contributed by atoms with E-state index in [1.165, 1.54) is 12.1 Å². The predicted octanol–water partition coefficient (Wildman–Crippen LogP) is 2.60. The second kappa shape index (κ2) is 5.53. The van der Waals surface area contributed by atoms with Gasteiger partial charge in [0.2, 0.25) is 0 Å². The van der Waals surface area contributed by atoms with Gasteiger partial charge in [-0.15, -0.1) is 0 Å². The molecule has 2 fully saturated rings. The van der Waals surface area contributed by atoms with Gasteiger partial charge in [-0.25, -0.2) is 12.8 Å². The molecule has 2 aromatic rings. The highest BCUT2D eigenvalue weighted by Crippen LogP contribution is 2.37. The third-order valence-electron chi connectivity index (χ3n) is 4.51. The summed E-state index contributed by atoms with van der Waals surface area (Å²) in [6.45, 7) is 0. The summed E-state index contributed by atoms with van der Waals surface area (Å²) in [5.41, 5.74) is 1.59. The van der Waals surface area contributed by atoms with Crippen LogP contribution < -0.4 is 9.80 Å². The Kier molecular flexibility index (Phi) is 3.58. The Morgan fingerprint density at radius 2 is 1.38 bits per heavy atom. The number of anilines is 2. The van der Waals surface area contributed by atoms with Crippen molar-refractivity contribution in [3.63, 3.8) is 0 Å². The Hall–Kier alpha value is -1.99. The van der Waals surface area contributed by atoms with E-state index in [9.17, 15) is 12.8 Å². The van der Waals surface area contributed by atoms with Gasteiger partial charge in [0.25, 0.3) is 0 Å². The Morgan fingerprint density at radius 1 is 0.875 bits per heavy atom. The zero-order chi connectivity index (χ0) is 16.9. The average Bonchev–Trinajstić information content (AvgIpc) is 2.98. The second-order valence-corrected chi connectivity index (χ2v) is 8.57. The Labute approximate surface area is 145 Å². The molecular formula is C17H15FN2O2S2. The number of halogens is 1. The van der Waals surface area contributed by atoms with Crippen LogP contribution in [0.25, 0.3) is 0 Å². The van der Waals surface area contributed by atoms with Gasteiger partial charge in [0.15, 0.2) is 14.9 Å². The van der Waals surface area contributed by atoms with E-state index < -0.39 is 9.84 Å². The molecule has 24 heavy (non-hydrogen) atoms. The third kappa shape index (κ3) is 2.48. The van der Waals surface area contributed by atoms with Gasteiger partial charge in [0.05, 0.1) is 23.6 Å². The maximum Gasteiger partial charge on any atom is 0.181 e. The first-order valence-corrected chi connectivity index (χ1v) is 9.83. The molecule has 0 aliphatic carbocycles. The first-order valence-electron chi connectivity index (χ1n) is 7.60. The van der Waals surface area contributed by atoms with E-state index >= 15 is 0 Å². The molecule has 2 atom stereocenters. The Bertz CT molecular complexity index is 885. The largest absolute Gasteiger partial charge is 0.312 e. The van der Waals surface area contributed by atoms with Crippen molar-refractivity contribution in [2.24, 2.45) is 0 Å². The number of para-hydroxylation sites is 1. The van der Waals surface area contributed by atoms with Crippen LogP contribution in [0, 0.1) is 5.82 Å². The fraction of sp³-hybridized carbons (Fsp3) is 0.235. The molecule has 2 heterocycles. The molecule has 2 aliphatic rings. The van der Waals surface area contributed by atoms with Crippen molar-refractivity contribution < 1.29 is 12.8 Å². The first kappa shape index (κ1) is 15.5. The summed E-state index contributed by atoms with van der Waals surface area (Å²) < 4.78 is 37.7. The van der Waals surface area contributed by atoms with Crippen molar-refractivity contribution >= 4 is 38.5 Å². The molecule has 0 aromatic heterocycles. The van der Waals surface area contributed by atoms with Crippen LogP contribution in [0.4, 0.5) is 15.8 Å². The van der Waals surface area contributed by atoms with E-state index in [1.807, 2.05) is 40.1 Å². The number of sulfone groups is 1. The summed E-state index contributed by atoms with van der Waals surface area (Å²) >= 11 is 5.65. The van der Waals surface area contributed by atoms with Crippen LogP contribution in [0.2, 0.25) is 0 Å². The van der Waals surface area contributed by atoms with E-state index in [0.717, 1.165) is 5.69 Å². The summed E-state index contributed by atoms with van der Waals surface area (Å²) in [6.07, 6.45) is 0. The number of hydrogen-bond donors (Lipinski definition) is 0. The minimum Gasteiger partial charge on any atom is -0.312 e. The molecule has 4 rings (SSSR count). The van der Waals surface area contributed by atoms with E-state index in [2.05, 4.69) is 0 Å². The molecule has 7 heteroatoms. The molecule has 0 amide bonds. The summed E-state index contributed by atoms with van der Waals surface area (Å²) in [5, 5.41) is 0.553. The van der Waals surface area contributed by atoms with Gasteiger partial charge in [-0.3, -0.25) is 0 Å². The van der Waals surface area contributed by atoms with E-state index in [-0.39, 0.29) is 29.4 Å². The molecule has 2 saturated heterocycles. The lowest BCUT2D eigenvalue weighted by atomic mass is 10.1. The summed E-state index contributed by atoms with van der Waals surface area (Å²) in [4.78, 5) is 3.75. The lowest BCUT2D eigenvalue weighted by molar-refractivity contribution is 0.601. The molecule has 0 radical (unpaired) electrons. The van der Waals surface area contributed by atoms with Gasteiger partial charge >= 0.3 is 0 Å². The molecule has 4 nitrogen and oxygen atoms in total. The van der Waals surface area contributed by atoms with E-state index in [4.69, 9.17) is 12.2 Å². The molecule has 124 valence electrons. The van der Waals surface area contributed by atoms with Crippen LogP contribution in [0.15, 0.2) is 54.6 Å². The minimum absolute atomic E-state index is 0.0541. The zero-order valence-corrected chi connectivity index (χ0v) is 14.3. The lowest BCUT2D eigenvalue weighted by Gasteiger charge is -2.25. The number of benzene rings is 2. The van der Waals surface area contributed by atoms with Crippen LogP contribution in [0.1, 0.15) is 0 Å². The van der Waals surface area contributed by atoms with Gasteiger partial charge in [0, 0.05) is 11.4 Å². The molecular weight excluding hydrogens is 347 g/mol. The summed E-state index contributed by atoms with van der Waals surface area (Å²) in [5.74, 6) is -0.206. The fourth-order valence-corrected chi connectivity index (χ4v) is 5.90. The Balaban J connectivity index is 1.80. The second-order valence-electron chi connectivity index (χ2n) is 6.05. The molecule has 0 bridgehead atoms. The predicted molar refractivity (Wildman–Crippen MR) is 96.6 cm³/mol. The molecule has 0 spiro atoms. The van der Waals surface area contributed by atoms with E-state index in [0.29, 0.717) is 10.8 Å². The number of fused-ring (bicyclic) bond motifs is 1. The number of hydrogen-bond acceptors (Lipinski definition) is 3. The van der Waals surface area contributed by atoms with Gasteiger partial charge in [-0.2, -0.15) is 0 Å². The molecule has 0 saturated carbocycles. The standard InChI is InChI=1S/C17H15FN2O2S2/c18-12-6-8-14(9-7-12)20-16-11-24(21,22)10-15(16)19(17(20)23)13-4-2-1-3-5-13/h1-9,15-16H,10-11H2/t15-,16-/m1/s1. The monoisotopic (exact) mass is 362 g/mol. The Morgan fingerprint density at radius 3 is 1.92 bits per heavy atom. The van der Waals surface area contributed by atoms with Gasteiger partial charge in [-0.1, -0.05) is 18.2 Å². The van der Waals surface area contributed by atoms with Crippen molar-refractivity contribution in [3.05, 3.63) is 60.4 Å². The van der Waals surface area contributed by atoms with Crippen molar-refractivity contribution in [1.82, 2.24) is 0 Å². The molecule has 0 unspecified atom stereocenters. The van der Waals surface area contributed by atoms with Crippen LogP contribution in [0.3, 0.4) is 0 Å². The van der Waals surface area contributed by atoms with Crippen molar-refractivity contribution in [3.8, 4) is 0 Å². The van der Waals surface area contributed by atoms with E-state index in [1.54, 1.807) is 12.1 Å². The quantitative estimate of drug-likeness (QED) is 0.768. The number of thiocarbonyl (C=S) groups is 1. The first-order chi connectivity index (χ1) is 11.5. The fourth-order valence-electron chi connectivity index (χ4n) is 3.50. The topological polar surface area (TPSA) is 40.6 Å². The number of nitrogens with zero attached hydrogens (tertiary/aromatic N) is 2. The van der Waals surface area contributed by atoms with Crippen LogP contribution >= 0.6 is 12.2 Å². The van der Waals surface area contributed by atoms with Gasteiger partial charge in [0.1, 0.15) is 5.82 Å². The third-order valence-corrected chi connectivity index (χ3v) is 6.60. The number of rotatable bonds is 2. The maximum absolute atomic E-state index is 13.2. The molecule has 2 aliphatic heterocycles. The van der Waals surface area contributed by atoms with Crippen LogP contribution in [-0.4, -0.2) is 37.1 Å². The average molecular weight is 362 g/mol. The molecule has 0 N–H and O–H groups in total. The maximum atomic E-state index is 13.2. The van der Waals surface area contributed by atoms with Crippen LogP contribution in [0.5, 0.6) is 0 Å². The van der Waals surface area contributed by atoms with Crippen LogP contribution in [-0.2, 0) is 9.84 Å². The highest BCUT2D eigenvalue weighted by molar-refractivity contribution is 7.91. The van der Waals surface area contributed by atoms with Crippen molar-refractivity contribution in [2.75, 3.05) is 21.3 Å². The highest BCUT2D eigenvalue weighted by atomic mass is 32.2. The van der Waals surface area contributed by atoms with Gasteiger partial charge in [-0.05, 0) is 48.6 Å². The minimum atomic E-state index is -3.14. The van der Waals surface area contributed by atoms with Crippen molar-refractivity contribution in [2.45, 2.75) is 12.1 Å². The lowest BCUT2D eigenvalue weighted by Crippen LogP contribution is -2.37. The van der Waals surface area contributed by atoms with Gasteiger partial charge < -0.3 is 9.80 Å².